The van der Waals surface area contributed by atoms with E-state index in [4.69, 9.17) is 4.99 Å². The second-order valence-electron chi connectivity index (χ2n) is 6.69. The van der Waals surface area contributed by atoms with Gasteiger partial charge in [0.05, 0.1) is 12.1 Å². The molecular weight excluding hydrogens is 288 g/mol. The van der Waals surface area contributed by atoms with E-state index < -0.39 is 5.60 Å². The van der Waals surface area contributed by atoms with Gasteiger partial charge in [-0.3, -0.25) is 4.99 Å². The molecule has 1 aliphatic heterocycles. The zero-order chi connectivity index (χ0) is 17.3. The van der Waals surface area contributed by atoms with Crippen LogP contribution < -0.4 is 5.32 Å². The average Bonchev–Trinajstić information content (AvgIpc) is 3.04. The molecule has 1 aliphatic rings. The molecule has 0 amide bonds. The van der Waals surface area contributed by atoms with Gasteiger partial charge in [-0.05, 0) is 45.2 Å². The summed E-state index contributed by atoms with van der Waals surface area (Å²) in [6.45, 7) is 17.5. The lowest BCUT2D eigenvalue weighted by Gasteiger charge is -2.27. The van der Waals surface area contributed by atoms with Gasteiger partial charge in [-0.2, -0.15) is 0 Å². The first-order valence-electron chi connectivity index (χ1n) is 9.49. The largest absolute Gasteiger partial charge is 0.388 e. The highest BCUT2D eigenvalue weighted by Crippen LogP contribution is 2.19. The third kappa shape index (κ3) is 6.30. The van der Waals surface area contributed by atoms with Crippen molar-refractivity contribution >= 4 is 5.96 Å². The van der Waals surface area contributed by atoms with Crippen LogP contribution in [0.3, 0.4) is 0 Å². The van der Waals surface area contributed by atoms with Crippen LogP contribution in [0.15, 0.2) is 4.99 Å². The molecule has 0 bridgehead atoms. The summed E-state index contributed by atoms with van der Waals surface area (Å²) in [5.41, 5.74) is -0.666. The van der Waals surface area contributed by atoms with Gasteiger partial charge in [-0.15, -0.1) is 0 Å². The van der Waals surface area contributed by atoms with E-state index in [2.05, 4.69) is 35.9 Å². The molecule has 0 radical (unpaired) electrons. The van der Waals surface area contributed by atoms with Gasteiger partial charge >= 0.3 is 0 Å². The van der Waals surface area contributed by atoms with Gasteiger partial charge in [-0.1, -0.05) is 27.7 Å². The first-order chi connectivity index (χ1) is 11.0. The van der Waals surface area contributed by atoms with E-state index in [1.807, 2.05) is 13.8 Å². The predicted molar refractivity (Wildman–Crippen MR) is 99.0 cm³/mol. The molecule has 0 spiro atoms. The second kappa shape index (κ2) is 10.1. The standard InChI is InChI=1S/C18H38N4O/c1-6-18(23,7-2)15-20-17(19-8-3)22-12-11-16(14-22)13-21(9-4)10-5/h16,23H,6-15H2,1-5H3,(H,19,20). The molecular formula is C18H38N4O. The molecule has 1 fully saturated rings. The van der Waals surface area contributed by atoms with Gasteiger partial charge in [0.1, 0.15) is 0 Å². The van der Waals surface area contributed by atoms with E-state index in [0.717, 1.165) is 57.4 Å². The maximum absolute atomic E-state index is 10.5. The first-order valence-corrected chi connectivity index (χ1v) is 9.49. The van der Waals surface area contributed by atoms with Crippen LogP contribution in [0.2, 0.25) is 0 Å². The minimum absolute atomic E-state index is 0.486. The quantitative estimate of drug-likeness (QED) is 0.504. The Morgan fingerprint density at radius 3 is 2.39 bits per heavy atom. The van der Waals surface area contributed by atoms with Gasteiger partial charge in [0.15, 0.2) is 5.96 Å². The Kier molecular flexibility index (Phi) is 8.92. The van der Waals surface area contributed by atoms with Gasteiger partial charge in [-0.25, -0.2) is 0 Å². The molecule has 1 rings (SSSR count). The van der Waals surface area contributed by atoms with E-state index in [-0.39, 0.29) is 0 Å². The monoisotopic (exact) mass is 326 g/mol. The Morgan fingerprint density at radius 2 is 1.87 bits per heavy atom. The lowest BCUT2D eigenvalue weighted by Crippen LogP contribution is -2.42. The van der Waals surface area contributed by atoms with Crippen molar-refractivity contribution in [3.05, 3.63) is 0 Å². The van der Waals surface area contributed by atoms with Crippen molar-refractivity contribution in [2.24, 2.45) is 10.9 Å². The SMILES string of the molecule is CCNC(=NCC(O)(CC)CC)N1CCC(CN(CC)CC)C1. The molecule has 23 heavy (non-hydrogen) atoms. The van der Waals surface area contributed by atoms with Crippen molar-refractivity contribution < 1.29 is 5.11 Å². The highest BCUT2D eigenvalue weighted by atomic mass is 16.3. The van der Waals surface area contributed by atoms with Gasteiger partial charge in [0.25, 0.3) is 0 Å². The molecule has 0 aromatic heterocycles. The Morgan fingerprint density at radius 1 is 1.22 bits per heavy atom. The predicted octanol–water partition coefficient (Wildman–Crippen LogP) is 2.17. The maximum Gasteiger partial charge on any atom is 0.194 e. The number of guanidine groups is 1. The summed E-state index contributed by atoms with van der Waals surface area (Å²) in [7, 11) is 0. The summed E-state index contributed by atoms with van der Waals surface area (Å²) in [6.07, 6.45) is 2.72. The fourth-order valence-corrected chi connectivity index (χ4v) is 3.14. The lowest BCUT2D eigenvalue weighted by atomic mass is 9.98. The maximum atomic E-state index is 10.5. The van der Waals surface area contributed by atoms with Crippen LogP contribution in [0.4, 0.5) is 0 Å². The molecule has 5 heteroatoms. The molecule has 0 aliphatic carbocycles. The Labute approximate surface area is 143 Å². The van der Waals surface area contributed by atoms with Crippen LogP contribution in [0, 0.1) is 5.92 Å². The molecule has 1 saturated heterocycles. The molecule has 1 unspecified atom stereocenters. The molecule has 1 heterocycles. The van der Waals surface area contributed by atoms with Crippen LogP contribution >= 0.6 is 0 Å². The number of likely N-dealkylation sites (tertiary alicyclic amines) is 1. The van der Waals surface area contributed by atoms with E-state index in [0.29, 0.717) is 6.54 Å². The van der Waals surface area contributed by atoms with Gasteiger partial charge in [0, 0.05) is 26.2 Å². The number of aliphatic hydroxyl groups is 1. The fourth-order valence-electron chi connectivity index (χ4n) is 3.14. The van der Waals surface area contributed by atoms with E-state index in [9.17, 15) is 5.11 Å². The van der Waals surface area contributed by atoms with E-state index in [1.54, 1.807) is 0 Å². The van der Waals surface area contributed by atoms with E-state index in [1.165, 1.54) is 13.0 Å². The molecule has 0 aromatic rings. The smallest absolute Gasteiger partial charge is 0.194 e. The third-order valence-electron chi connectivity index (χ3n) is 5.17. The van der Waals surface area contributed by atoms with Crippen LogP contribution in [0.1, 0.15) is 53.9 Å². The molecule has 5 nitrogen and oxygen atoms in total. The highest BCUT2D eigenvalue weighted by molar-refractivity contribution is 5.80. The number of nitrogens with zero attached hydrogens (tertiary/aromatic N) is 3. The highest BCUT2D eigenvalue weighted by Gasteiger charge is 2.27. The minimum atomic E-state index is -0.666. The summed E-state index contributed by atoms with van der Waals surface area (Å²) in [4.78, 5) is 9.60. The van der Waals surface area contributed by atoms with Crippen LogP contribution in [-0.4, -0.2) is 72.3 Å². The van der Waals surface area contributed by atoms with Crippen LogP contribution in [0.5, 0.6) is 0 Å². The summed E-state index contributed by atoms with van der Waals surface area (Å²) in [5, 5.41) is 13.9. The van der Waals surface area contributed by atoms with E-state index >= 15 is 0 Å². The van der Waals surface area contributed by atoms with Crippen molar-refractivity contribution in [3.8, 4) is 0 Å². The van der Waals surface area contributed by atoms with Crippen molar-refractivity contribution in [2.75, 3.05) is 45.8 Å². The van der Waals surface area contributed by atoms with Gasteiger partial charge in [0.2, 0.25) is 0 Å². The zero-order valence-corrected chi connectivity index (χ0v) is 15.9. The summed E-state index contributed by atoms with van der Waals surface area (Å²) in [5.74, 6) is 1.69. The molecule has 0 saturated carbocycles. The first kappa shape index (κ1) is 20.2. The Hall–Kier alpha value is -0.810. The van der Waals surface area contributed by atoms with Crippen LogP contribution in [-0.2, 0) is 0 Å². The van der Waals surface area contributed by atoms with Crippen molar-refractivity contribution in [1.29, 1.82) is 0 Å². The summed E-state index contributed by atoms with van der Waals surface area (Å²) < 4.78 is 0. The van der Waals surface area contributed by atoms with Gasteiger partial charge < -0.3 is 20.2 Å². The average molecular weight is 327 g/mol. The Bertz CT molecular complexity index is 351. The number of nitrogens with one attached hydrogen (secondary N) is 1. The third-order valence-corrected chi connectivity index (χ3v) is 5.17. The summed E-state index contributed by atoms with van der Waals surface area (Å²) in [6, 6.07) is 0. The van der Waals surface area contributed by atoms with Crippen molar-refractivity contribution in [2.45, 2.75) is 59.5 Å². The Balaban J connectivity index is 2.64. The number of rotatable bonds is 9. The number of aliphatic imine (C=N–C) groups is 1. The molecule has 0 aromatic carbocycles. The molecule has 136 valence electrons. The number of hydrogen-bond acceptors (Lipinski definition) is 3. The summed E-state index contributed by atoms with van der Waals surface area (Å²) >= 11 is 0. The lowest BCUT2D eigenvalue weighted by molar-refractivity contribution is 0.0416. The molecule has 2 N–H and O–H groups in total. The fraction of sp³-hybridized carbons (Fsp3) is 0.944. The zero-order valence-electron chi connectivity index (χ0n) is 15.9. The van der Waals surface area contributed by atoms with Crippen LogP contribution in [0.25, 0.3) is 0 Å². The second-order valence-corrected chi connectivity index (χ2v) is 6.69. The normalized spacial score (nSPS) is 19.7. The van der Waals surface area contributed by atoms with Crippen molar-refractivity contribution in [3.63, 3.8) is 0 Å². The molecule has 1 atom stereocenters. The van der Waals surface area contributed by atoms with Crippen molar-refractivity contribution in [1.82, 2.24) is 15.1 Å². The number of hydrogen-bond donors (Lipinski definition) is 2. The topological polar surface area (TPSA) is 51.1 Å². The minimum Gasteiger partial charge on any atom is -0.388 e.